The van der Waals surface area contributed by atoms with E-state index in [2.05, 4.69) is 5.32 Å². The molecule has 2 aromatic carbocycles. The predicted octanol–water partition coefficient (Wildman–Crippen LogP) is 2.91. The Balaban J connectivity index is 2.08. The van der Waals surface area contributed by atoms with Crippen molar-refractivity contribution >= 4 is 5.91 Å². The molecule has 5 heteroatoms. The molecule has 0 bridgehead atoms. The molecule has 20 heavy (non-hydrogen) atoms. The highest BCUT2D eigenvalue weighted by atomic mass is 19.1. The maximum atomic E-state index is 13.4. The fourth-order valence-electron chi connectivity index (χ4n) is 1.75. The third-order valence-corrected chi connectivity index (χ3v) is 2.91. The molecule has 0 unspecified atom stereocenters. The number of carbonyl (C=O) groups excluding carboxylic acids is 1. The van der Waals surface area contributed by atoms with Gasteiger partial charge in [-0.3, -0.25) is 4.79 Å². The van der Waals surface area contributed by atoms with Gasteiger partial charge in [0, 0.05) is 17.7 Å². The summed E-state index contributed by atoms with van der Waals surface area (Å²) in [5, 5.41) is 11.9. The fourth-order valence-corrected chi connectivity index (χ4v) is 1.75. The number of aryl methyl sites for hydroxylation is 1. The average Bonchev–Trinajstić information content (AvgIpc) is 2.42. The number of phenolic OH excluding ortho intramolecular Hbond substituents is 1. The summed E-state index contributed by atoms with van der Waals surface area (Å²) in [4.78, 5) is 11.9. The van der Waals surface area contributed by atoms with Crippen molar-refractivity contribution in [2.75, 3.05) is 0 Å². The summed E-state index contributed by atoms with van der Waals surface area (Å²) < 4.78 is 26.4. The first-order valence-corrected chi connectivity index (χ1v) is 5.99. The van der Waals surface area contributed by atoms with Crippen molar-refractivity contribution in [1.29, 1.82) is 0 Å². The van der Waals surface area contributed by atoms with Crippen LogP contribution in [0.2, 0.25) is 0 Å². The van der Waals surface area contributed by atoms with Crippen molar-refractivity contribution in [2.45, 2.75) is 13.5 Å². The Morgan fingerprint density at radius 3 is 2.65 bits per heavy atom. The van der Waals surface area contributed by atoms with Crippen LogP contribution < -0.4 is 5.32 Å². The second kappa shape index (κ2) is 5.69. The molecule has 0 aliphatic heterocycles. The lowest BCUT2D eigenvalue weighted by Crippen LogP contribution is -2.23. The van der Waals surface area contributed by atoms with Crippen LogP contribution in [-0.2, 0) is 6.54 Å². The van der Waals surface area contributed by atoms with E-state index in [1.807, 2.05) is 0 Å². The Labute approximate surface area is 114 Å². The lowest BCUT2D eigenvalue weighted by Gasteiger charge is -2.08. The van der Waals surface area contributed by atoms with Gasteiger partial charge < -0.3 is 10.4 Å². The Bertz CT molecular complexity index is 656. The second-order valence-corrected chi connectivity index (χ2v) is 4.42. The number of hydrogen-bond donors (Lipinski definition) is 2. The number of benzene rings is 2. The number of nitrogens with one attached hydrogen (secondary N) is 1. The van der Waals surface area contributed by atoms with Gasteiger partial charge in [0.1, 0.15) is 17.4 Å². The molecule has 0 radical (unpaired) electrons. The Morgan fingerprint density at radius 1 is 1.20 bits per heavy atom. The molecule has 0 heterocycles. The standard InChI is InChI=1S/C15H13F2NO2/c1-9-6-10(2-5-14(9)19)15(20)18-8-11-7-12(16)3-4-13(11)17/h2-7,19H,8H2,1H3,(H,18,20). The predicted molar refractivity (Wildman–Crippen MR) is 70.4 cm³/mol. The number of halogens is 2. The van der Waals surface area contributed by atoms with Gasteiger partial charge in [0.25, 0.3) is 5.91 Å². The molecule has 0 aromatic heterocycles. The Kier molecular flexibility index (Phi) is 3.98. The van der Waals surface area contributed by atoms with E-state index >= 15 is 0 Å². The van der Waals surface area contributed by atoms with Crippen LogP contribution in [0.5, 0.6) is 5.75 Å². The summed E-state index contributed by atoms with van der Waals surface area (Å²) in [5.74, 6) is -1.46. The first kappa shape index (κ1) is 14.0. The zero-order valence-electron chi connectivity index (χ0n) is 10.8. The van der Waals surface area contributed by atoms with Gasteiger partial charge in [0.05, 0.1) is 0 Å². The molecule has 3 nitrogen and oxygen atoms in total. The van der Waals surface area contributed by atoms with E-state index in [-0.39, 0.29) is 17.9 Å². The van der Waals surface area contributed by atoms with Crippen molar-refractivity contribution in [3.63, 3.8) is 0 Å². The van der Waals surface area contributed by atoms with Crippen LogP contribution in [0, 0.1) is 18.6 Å². The molecule has 1 amide bonds. The minimum atomic E-state index is -0.575. The van der Waals surface area contributed by atoms with E-state index in [0.717, 1.165) is 18.2 Å². The fraction of sp³-hybridized carbons (Fsp3) is 0.133. The molecule has 0 aliphatic rings. The number of carbonyl (C=O) groups is 1. The molecule has 104 valence electrons. The van der Waals surface area contributed by atoms with E-state index in [4.69, 9.17) is 0 Å². The largest absolute Gasteiger partial charge is 0.508 e. The summed E-state index contributed by atoms with van der Waals surface area (Å²) >= 11 is 0. The highest BCUT2D eigenvalue weighted by Crippen LogP contribution is 2.17. The van der Waals surface area contributed by atoms with E-state index in [0.29, 0.717) is 11.1 Å². The van der Waals surface area contributed by atoms with Crippen LogP contribution in [0.25, 0.3) is 0 Å². The second-order valence-electron chi connectivity index (χ2n) is 4.42. The summed E-state index contributed by atoms with van der Waals surface area (Å²) in [6.45, 7) is 1.56. The average molecular weight is 277 g/mol. The summed E-state index contributed by atoms with van der Waals surface area (Å²) in [5.41, 5.74) is 0.987. The molecular formula is C15H13F2NO2. The topological polar surface area (TPSA) is 49.3 Å². The van der Waals surface area contributed by atoms with Gasteiger partial charge in [-0.2, -0.15) is 0 Å². The van der Waals surface area contributed by atoms with Crippen LogP contribution in [0.3, 0.4) is 0 Å². The summed E-state index contributed by atoms with van der Waals surface area (Å²) in [6, 6.07) is 7.46. The van der Waals surface area contributed by atoms with E-state index < -0.39 is 17.5 Å². The SMILES string of the molecule is Cc1cc(C(=O)NCc2cc(F)ccc2F)ccc1O. The number of hydrogen-bond acceptors (Lipinski definition) is 2. The third kappa shape index (κ3) is 3.12. The summed E-state index contributed by atoms with van der Waals surface area (Å²) in [6.07, 6.45) is 0. The zero-order valence-corrected chi connectivity index (χ0v) is 10.8. The molecule has 0 saturated carbocycles. The first-order valence-electron chi connectivity index (χ1n) is 5.99. The van der Waals surface area contributed by atoms with E-state index in [1.165, 1.54) is 18.2 Å². The highest BCUT2D eigenvalue weighted by Gasteiger charge is 2.09. The number of amides is 1. The van der Waals surface area contributed by atoms with Gasteiger partial charge in [-0.15, -0.1) is 0 Å². The smallest absolute Gasteiger partial charge is 0.251 e. The summed E-state index contributed by atoms with van der Waals surface area (Å²) in [7, 11) is 0. The van der Waals surface area contributed by atoms with Gasteiger partial charge in [-0.1, -0.05) is 0 Å². The van der Waals surface area contributed by atoms with Crippen molar-refractivity contribution in [3.8, 4) is 5.75 Å². The van der Waals surface area contributed by atoms with Gasteiger partial charge in [0.15, 0.2) is 0 Å². The Morgan fingerprint density at radius 2 is 1.95 bits per heavy atom. The number of phenols is 1. The minimum Gasteiger partial charge on any atom is -0.508 e. The van der Waals surface area contributed by atoms with Crippen LogP contribution in [0.1, 0.15) is 21.5 Å². The monoisotopic (exact) mass is 277 g/mol. The maximum absolute atomic E-state index is 13.4. The van der Waals surface area contributed by atoms with Crippen LogP contribution in [0.4, 0.5) is 8.78 Å². The molecule has 0 spiro atoms. The normalized spacial score (nSPS) is 10.3. The first-order chi connectivity index (χ1) is 9.47. The van der Waals surface area contributed by atoms with Crippen molar-refractivity contribution in [3.05, 3.63) is 64.7 Å². The minimum absolute atomic E-state index is 0.0776. The lowest BCUT2D eigenvalue weighted by atomic mass is 10.1. The maximum Gasteiger partial charge on any atom is 0.251 e. The lowest BCUT2D eigenvalue weighted by molar-refractivity contribution is 0.0950. The Hall–Kier alpha value is -2.43. The van der Waals surface area contributed by atoms with Crippen LogP contribution >= 0.6 is 0 Å². The molecule has 0 aliphatic carbocycles. The van der Waals surface area contributed by atoms with Crippen LogP contribution in [0.15, 0.2) is 36.4 Å². The van der Waals surface area contributed by atoms with Gasteiger partial charge in [-0.05, 0) is 48.9 Å². The number of aromatic hydroxyl groups is 1. The van der Waals surface area contributed by atoms with Gasteiger partial charge in [0.2, 0.25) is 0 Å². The quantitative estimate of drug-likeness (QED) is 0.906. The number of rotatable bonds is 3. The molecule has 0 fully saturated rings. The van der Waals surface area contributed by atoms with Crippen molar-refractivity contribution in [2.24, 2.45) is 0 Å². The molecule has 2 N–H and O–H groups in total. The molecule has 0 atom stereocenters. The molecular weight excluding hydrogens is 264 g/mol. The highest BCUT2D eigenvalue weighted by molar-refractivity contribution is 5.94. The van der Waals surface area contributed by atoms with Gasteiger partial charge >= 0.3 is 0 Å². The van der Waals surface area contributed by atoms with E-state index in [1.54, 1.807) is 6.92 Å². The molecule has 2 aromatic rings. The third-order valence-electron chi connectivity index (χ3n) is 2.91. The van der Waals surface area contributed by atoms with Crippen molar-refractivity contribution in [1.82, 2.24) is 5.32 Å². The zero-order chi connectivity index (χ0) is 14.7. The van der Waals surface area contributed by atoms with E-state index in [9.17, 15) is 18.7 Å². The van der Waals surface area contributed by atoms with Crippen molar-refractivity contribution < 1.29 is 18.7 Å². The van der Waals surface area contributed by atoms with Crippen LogP contribution in [-0.4, -0.2) is 11.0 Å². The molecule has 0 saturated heterocycles. The van der Waals surface area contributed by atoms with Gasteiger partial charge in [-0.25, -0.2) is 8.78 Å². The molecule has 2 rings (SSSR count).